The van der Waals surface area contributed by atoms with E-state index >= 15 is 4.39 Å². The molecule has 0 saturated carbocycles. The van der Waals surface area contributed by atoms with E-state index in [0.717, 1.165) is 18.2 Å². The SMILES string of the molecule is CCS(=O)(=O)c1ccc(C(CO)NC(=O)c2cc3cc(Cc4ccc(F)cc4C(F)(F)F)n(CCO)c3cc2F)cc1. The Morgan fingerprint density at radius 1 is 1.00 bits per heavy atom. The average molecular weight is 611 g/mol. The third-order valence-electron chi connectivity index (χ3n) is 6.90. The van der Waals surface area contributed by atoms with Crippen LogP contribution in [0.3, 0.4) is 0 Å². The molecule has 1 aromatic heterocycles. The molecule has 0 aliphatic heterocycles. The zero-order valence-electron chi connectivity index (χ0n) is 22.3. The van der Waals surface area contributed by atoms with Crippen molar-refractivity contribution in [3.8, 4) is 0 Å². The summed E-state index contributed by atoms with van der Waals surface area (Å²) >= 11 is 0. The van der Waals surface area contributed by atoms with Crippen LogP contribution in [0.15, 0.2) is 65.6 Å². The first-order valence-corrected chi connectivity index (χ1v) is 14.5. The van der Waals surface area contributed by atoms with Gasteiger partial charge in [-0.2, -0.15) is 13.2 Å². The highest BCUT2D eigenvalue weighted by atomic mass is 32.2. The molecule has 4 aromatic rings. The Balaban J connectivity index is 1.67. The summed E-state index contributed by atoms with van der Waals surface area (Å²) in [5.74, 6) is -3.01. The van der Waals surface area contributed by atoms with Crippen molar-refractivity contribution < 1.29 is 45.4 Å². The minimum Gasteiger partial charge on any atom is -0.395 e. The Bertz CT molecular complexity index is 1720. The van der Waals surface area contributed by atoms with E-state index < -0.39 is 63.9 Å². The van der Waals surface area contributed by atoms with E-state index in [1.165, 1.54) is 47.9 Å². The third kappa shape index (κ3) is 6.48. The number of aliphatic hydroxyl groups excluding tert-OH is 2. The number of nitrogens with one attached hydrogen (secondary N) is 1. The number of sulfone groups is 1. The van der Waals surface area contributed by atoms with Crippen molar-refractivity contribution in [2.75, 3.05) is 19.0 Å². The lowest BCUT2D eigenvalue weighted by molar-refractivity contribution is -0.138. The molecule has 7 nitrogen and oxygen atoms in total. The highest BCUT2D eigenvalue weighted by molar-refractivity contribution is 7.91. The fraction of sp³-hybridized carbons (Fsp3) is 0.276. The number of hydrogen-bond acceptors (Lipinski definition) is 5. The van der Waals surface area contributed by atoms with Crippen LogP contribution in [0.2, 0.25) is 0 Å². The summed E-state index contributed by atoms with van der Waals surface area (Å²) < 4.78 is 95.1. The number of fused-ring (bicyclic) bond motifs is 1. The van der Waals surface area contributed by atoms with Gasteiger partial charge in [-0.3, -0.25) is 4.79 Å². The molecule has 0 radical (unpaired) electrons. The number of nitrogens with zero attached hydrogens (tertiary/aromatic N) is 1. The standard InChI is InChI=1S/C29H27F5N2O5S/c1-2-42(40,41)22-7-4-17(5-8-22)26(16-38)35-28(39)23-13-19-12-21(36(9-10-37)27(19)15-25(23)31)11-18-3-6-20(30)14-24(18)29(32,33)34/h3-8,12-15,26,37-38H,2,9-11,16H2,1H3,(H,35,39). The zero-order valence-corrected chi connectivity index (χ0v) is 23.1. The van der Waals surface area contributed by atoms with Gasteiger partial charge in [0.05, 0.1) is 46.5 Å². The summed E-state index contributed by atoms with van der Waals surface area (Å²) in [6.07, 6.45) is -5.14. The van der Waals surface area contributed by atoms with Gasteiger partial charge in [0.1, 0.15) is 11.6 Å². The second kappa shape index (κ2) is 12.2. The molecule has 4 rings (SSSR count). The van der Waals surface area contributed by atoms with Crippen molar-refractivity contribution >= 4 is 26.6 Å². The number of hydrogen-bond donors (Lipinski definition) is 3. The Hall–Kier alpha value is -3.81. The summed E-state index contributed by atoms with van der Waals surface area (Å²) in [6, 6.07) is 10.5. The van der Waals surface area contributed by atoms with Gasteiger partial charge in [0.2, 0.25) is 0 Å². The molecule has 0 aliphatic carbocycles. The number of halogens is 5. The van der Waals surface area contributed by atoms with Crippen LogP contribution >= 0.6 is 0 Å². The molecule has 1 unspecified atom stereocenters. The lowest BCUT2D eigenvalue weighted by Crippen LogP contribution is -2.31. The van der Waals surface area contributed by atoms with E-state index in [9.17, 15) is 41.0 Å². The van der Waals surface area contributed by atoms with Gasteiger partial charge in [-0.25, -0.2) is 17.2 Å². The Morgan fingerprint density at radius 3 is 2.29 bits per heavy atom. The van der Waals surface area contributed by atoms with E-state index in [-0.39, 0.29) is 40.4 Å². The molecular formula is C29H27F5N2O5S. The van der Waals surface area contributed by atoms with E-state index in [1.807, 2.05) is 0 Å². The van der Waals surface area contributed by atoms with Crippen LogP contribution in [0.4, 0.5) is 22.0 Å². The third-order valence-corrected chi connectivity index (χ3v) is 8.65. The largest absolute Gasteiger partial charge is 0.416 e. The first kappa shape index (κ1) is 31.1. The molecular weight excluding hydrogens is 583 g/mol. The summed E-state index contributed by atoms with van der Waals surface area (Å²) in [6.45, 7) is 0.427. The van der Waals surface area contributed by atoms with E-state index in [4.69, 9.17) is 0 Å². The number of benzene rings is 3. The highest BCUT2D eigenvalue weighted by Gasteiger charge is 2.34. The number of aromatic nitrogens is 1. The van der Waals surface area contributed by atoms with Crippen LogP contribution in [0.25, 0.3) is 10.9 Å². The molecule has 0 fully saturated rings. The van der Waals surface area contributed by atoms with Crippen molar-refractivity contribution in [3.05, 3.63) is 100 Å². The van der Waals surface area contributed by atoms with Crippen LogP contribution in [-0.4, -0.2) is 48.1 Å². The fourth-order valence-corrected chi connectivity index (χ4v) is 5.62. The van der Waals surface area contributed by atoms with Crippen molar-refractivity contribution in [2.24, 2.45) is 0 Å². The summed E-state index contributed by atoms with van der Waals surface area (Å²) in [7, 11) is -3.47. The van der Waals surface area contributed by atoms with Crippen molar-refractivity contribution in [2.45, 2.75) is 37.0 Å². The van der Waals surface area contributed by atoms with Crippen LogP contribution in [0.5, 0.6) is 0 Å². The van der Waals surface area contributed by atoms with E-state index in [2.05, 4.69) is 5.32 Å². The number of alkyl halides is 3. The number of carbonyl (C=O) groups excluding carboxylic acids is 1. The maximum absolute atomic E-state index is 15.2. The molecule has 42 heavy (non-hydrogen) atoms. The molecule has 1 atom stereocenters. The maximum atomic E-state index is 15.2. The molecule has 0 aliphatic rings. The van der Waals surface area contributed by atoms with Crippen LogP contribution < -0.4 is 5.32 Å². The number of carbonyl (C=O) groups is 1. The topological polar surface area (TPSA) is 109 Å². The van der Waals surface area contributed by atoms with Gasteiger partial charge in [0, 0.05) is 24.0 Å². The smallest absolute Gasteiger partial charge is 0.395 e. The molecule has 0 spiro atoms. The lowest BCUT2D eigenvalue weighted by Gasteiger charge is -2.18. The summed E-state index contributed by atoms with van der Waals surface area (Å²) in [5, 5.41) is 22.2. The van der Waals surface area contributed by atoms with E-state index in [0.29, 0.717) is 17.0 Å². The van der Waals surface area contributed by atoms with Gasteiger partial charge in [0.25, 0.3) is 5.91 Å². The van der Waals surface area contributed by atoms with Crippen molar-refractivity contribution in [1.29, 1.82) is 0 Å². The van der Waals surface area contributed by atoms with Crippen molar-refractivity contribution in [1.82, 2.24) is 9.88 Å². The summed E-state index contributed by atoms with van der Waals surface area (Å²) in [5.41, 5.74) is -0.938. The molecule has 1 heterocycles. The predicted molar refractivity (Wildman–Crippen MR) is 145 cm³/mol. The first-order chi connectivity index (χ1) is 19.8. The van der Waals surface area contributed by atoms with Gasteiger partial charge in [-0.1, -0.05) is 25.1 Å². The van der Waals surface area contributed by atoms with Crippen molar-refractivity contribution in [3.63, 3.8) is 0 Å². The fourth-order valence-electron chi connectivity index (χ4n) is 4.73. The number of amides is 1. The van der Waals surface area contributed by atoms with Gasteiger partial charge in [0.15, 0.2) is 9.84 Å². The highest BCUT2D eigenvalue weighted by Crippen LogP contribution is 2.34. The molecule has 1 amide bonds. The van der Waals surface area contributed by atoms with E-state index in [1.54, 1.807) is 0 Å². The lowest BCUT2D eigenvalue weighted by atomic mass is 10.0. The molecule has 3 N–H and O–H groups in total. The van der Waals surface area contributed by atoms with Gasteiger partial charge in [-0.05, 0) is 53.6 Å². The number of aliphatic hydroxyl groups is 2. The van der Waals surface area contributed by atoms with Crippen LogP contribution in [0.1, 0.15) is 45.7 Å². The van der Waals surface area contributed by atoms with Gasteiger partial charge in [-0.15, -0.1) is 0 Å². The second-order valence-corrected chi connectivity index (χ2v) is 11.8. The Kier molecular flexibility index (Phi) is 9.04. The van der Waals surface area contributed by atoms with Crippen LogP contribution in [0, 0.1) is 11.6 Å². The van der Waals surface area contributed by atoms with Gasteiger partial charge >= 0.3 is 6.18 Å². The van der Waals surface area contributed by atoms with Crippen LogP contribution in [-0.2, 0) is 29.0 Å². The molecule has 3 aromatic carbocycles. The normalized spacial score (nSPS) is 13.0. The quantitative estimate of drug-likeness (QED) is 0.224. The monoisotopic (exact) mass is 610 g/mol. The molecule has 0 saturated heterocycles. The minimum absolute atomic E-state index is 0.0689. The predicted octanol–water partition coefficient (Wildman–Crippen LogP) is 4.78. The second-order valence-electron chi connectivity index (χ2n) is 9.56. The molecule has 0 bridgehead atoms. The zero-order chi connectivity index (χ0) is 30.8. The molecule has 13 heteroatoms. The average Bonchev–Trinajstić information content (AvgIpc) is 3.27. The Labute approximate surface area is 238 Å². The summed E-state index contributed by atoms with van der Waals surface area (Å²) in [4.78, 5) is 13.1. The number of rotatable bonds is 10. The molecule has 224 valence electrons. The minimum atomic E-state index is -4.82. The van der Waals surface area contributed by atoms with Gasteiger partial charge < -0.3 is 20.1 Å². The maximum Gasteiger partial charge on any atom is 0.416 e. The first-order valence-electron chi connectivity index (χ1n) is 12.8. The Morgan fingerprint density at radius 2 is 1.69 bits per heavy atom.